The van der Waals surface area contributed by atoms with Gasteiger partial charge < -0.3 is 4.90 Å². The van der Waals surface area contributed by atoms with E-state index in [4.69, 9.17) is 0 Å². The number of rotatable bonds is 2. The zero-order valence-electron chi connectivity index (χ0n) is 9.26. The lowest BCUT2D eigenvalue weighted by atomic mass is 9.84. The van der Waals surface area contributed by atoms with Gasteiger partial charge in [0, 0.05) is 24.0 Å². The van der Waals surface area contributed by atoms with E-state index < -0.39 is 0 Å². The number of thiazole rings is 1. The van der Waals surface area contributed by atoms with Crippen LogP contribution in [0.2, 0.25) is 0 Å². The summed E-state index contributed by atoms with van der Waals surface area (Å²) >= 11 is 1.67. The van der Waals surface area contributed by atoms with Crippen LogP contribution in [0.3, 0.4) is 0 Å². The van der Waals surface area contributed by atoms with Gasteiger partial charge in [0.2, 0.25) is 5.91 Å². The Morgan fingerprint density at radius 2 is 2.25 bits per heavy atom. The summed E-state index contributed by atoms with van der Waals surface area (Å²) in [6.07, 6.45) is 7.48. The summed E-state index contributed by atoms with van der Waals surface area (Å²) in [6.45, 7) is 0.930. The molecule has 16 heavy (non-hydrogen) atoms. The van der Waals surface area contributed by atoms with E-state index in [0.29, 0.717) is 11.8 Å². The van der Waals surface area contributed by atoms with Gasteiger partial charge in [0.1, 0.15) is 5.01 Å². The number of aromatic nitrogens is 1. The maximum Gasteiger partial charge on any atom is 0.226 e. The Bertz CT molecular complexity index is 372. The fourth-order valence-corrected chi connectivity index (χ4v) is 3.36. The van der Waals surface area contributed by atoms with Gasteiger partial charge in [-0.15, -0.1) is 11.3 Å². The van der Waals surface area contributed by atoms with Gasteiger partial charge >= 0.3 is 0 Å². The molecule has 4 heteroatoms. The molecule has 1 aliphatic carbocycles. The summed E-state index contributed by atoms with van der Waals surface area (Å²) in [6, 6.07) is 0.271. The van der Waals surface area contributed by atoms with Crippen molar-refractivity contribution in [1.29, 1.82) is 0 Å². The van der Waals surface area contributed by atoms with E-state index in [1.807, 2.05) is 11.6 Å². The lowest BCUT2D eigenvalue weighted by molar-refractivity contribution is -0.139. The summed E-state index contributed by atoms with van der Waals surface area (Å²) in [4.78, 5) is 18.7. The molecule has 3 nitrogen and oxygen atoms in total. The molecule has 1 aromatic heterocycles. The smallest absolute Gasteiger partial charge is 0.226 e. The number of likely N-dealkylation sites (tertiary alicyclic amines) is 1. The normalized spacial score (nSPS) is 25.8. The van der Waals surface area contributed by atoms with Crippen molar-refractivity contribution in [3.8, 4) is 0 Å². The van der Waals surface area contributed by atoms with E-state index in [1.54, 1.807) is 11.3 Å². The molecular weight excluding hydrogens is 220 g/mol. The fraction of sp³-hybridized carbons (Fsp3) is 0.667. The number of hydrogen-bond donors (Lipinski definition) is 0. The van der Waals surface area contributed by atoms with E-state index in [0.717, 1.165) is 37.2 Å². The highest BCUT2D eigenvalue weighted by atomic mass is 32.1. The number of hydrogen-bond acceptors (Lipinski definition) is 3. The van der Waals surface area contributed by atoms with Crippen molar-refractivity contribution in [1.82, 2.24) is 9.88 Å². The van der Waals surface area contributed by atoms with Crippen molar-refractivity contribution < 1.29 is 4.79 Å². The molecular formula is C12H16N2OS. The molecule has 1 unspecified atom stereocenters. The third kappa shape index (κ3) is 1.65. The Kier molecular flexibility index (Phi) is 2.67. The van der Waals surface area contributed by atoms with Gasteiger partial charge in [-0.1, -0.05) is 6.42 Å². The van der Waals surface area contributed by atoms with Crippen LogP contribution in [0.25, 0.3) is 0 Å². The molecule has 2 heterocycles. The number of carbonyl (C=O) groups is 1. The molecule has 0 radical (unpaired) electrons. The molecule has 1 aromatic rings. The van der Waals surface area contributed by atoms with Crippen molar-refractivity contribution in [2.24, 2.45) is 5.92 Å². The van der Waals surface area contributed by atoms with Gasteiger partial charge in [0.15, 0.2) is 0 Å². The maximum absolute atomic E-state index is 12.2. The second-order valence-corrected chi connectivity index (χ2v) is 5.61. The number of nitrogens with zero attached hydrogens (tertiary/aromatic N) is 2. The summed E-state index contributed by atoms with van der Waals surface area (Å²) in [7, 11) is 0. The van der Waals surface area contributed by atoms with Crippen LogP contribution in [0.5, 0.6) is 0 Å². The highest BCUT2D eigenvalue weighted by Gasteiger charge is 2.36. The first-order chi connectivity index (χ1) is 7.86. The van der Waals surface area contributed by atoms with Crippen LogP contribution in [0.1, 0.15) is 43.2 Å². The highest BCUT2D eigenvalue weighted by Crippen LogP contribution is 2.37. The molecule has 0 aromatic carbocycles. The fourth-order valence-electron chi connectivity index (χ4n) is 2.58. The van der Waals surface area contributed by atoms with Gasteiger partial charge in [-0.3, -0.25) is 4.79 Å². The lowest BCUT2D eigenvalue weighted by Crippen LogP contribution is -2.38. The first-order valence-corrected chi connectivity index (χ1v) is 6.94. The van der Waals surface area contributed by atoms with Crippen molar-refractivity contribution in [2.45, 2.75) is 38.1 Å². The predicted molar refractivity (Wildman–Crippen MR) is 63.1 cm³/mol. The molecule has 3 rings (SSSR count). The molecule has 1 saturated heterocycles. The van der Waals surface area contributed by atoms with Crippen molar-refractivity contribution in [3.63, 3.8) is 0 Å². The van der Waals surface area contributed by atoms with Crippen molar-refractivity contribution in [3.05, 3.63) is 16.6 Å². The zero-order chi connectivity index (χ0) is 11.0. The van der Waals surface area contributed by atoms with E-state index in [2.05, 4.69) is 9.88 Å². The third-order valence-corrected chi connectivity index (χ3v) is 4.60. The van der Waals surface area contributed by atoms with Gasteiger partial charge in [0.05, 0.1) is 6.04 Å². The molecule has 2 aliphatic rings. The minimum atomic E-state index is 0.271. The van der Waals surface area contributed by atoms with Gasteiger partial charge in [0.25, 0.3) is 0 Å². The highest BCUT2D eigenvalue weighted by molar-refractivity contribution is 7.09. The standard InChI is InChI=1S/C12H16N2OS/c15-12(9-3-1-4-9)14-7-2-5-10(14)11-13-6-8-16-11/h6,8-10H,1-5,7H2. The van der Waals surface area contributed by atoms with Gasteiger partial charge in [-0.05, 0) is 25.7 Å². The largest absolute Gasteiger partial charge is 0.333 e. The minimum absolute atomic E-state index is 0.271. The van der Waals surface area contributed by atoms with E-state index in [9.17, 15) is 4.79 Å². The van der Waals surface area contributed by atoms with E-state index in [-0.39, 0.29) is 6.04 Å². The van der Waals surface area contributed by atoms with Crippen LogP contribution in [0.15, 0.2) is 11.6 Å². The SMILES string of the molecule is O=C(C1CCC1)N1CCCC1c1nccs1. The predicted octanol–water partition coefficient (Wildman–Crippen LogP) is 2.61. The van der Waals surface area contributed by atoms with Crippen molar-refractivity contribution in [2.75, 3.05) is 6.54 Å². The maximum atomic E-state index is 12.2. The molecule has 0 spiro atoms. The van der Waals surface area contributed by atoms with E-state index >= 15 is 0 Å². The molecule has 2 fully saturated rings. The molecule has 0 bridgehead atoms. The first-order valence-electron chi connectivity index (χ1n) is 6.06. The molecule has 0 N–H and O–H groups in total. The molecule has 1 atom stereocenters. The van der Waals surface area contributed by atoms with Crippen LogP contribution in [0, 0.1) is 5.92 Å². The van der Waals surface area contributed by atoms with Crippen molar-refractivity contribution >= 4 is 17.2 Å². The summed E-state index contributed by atoms with van der Waals surface area (Å²) in [5.41, 5.74) is 0. The second kappa shape index (κ2) is 4.17. The van der Waals surface area contributed by atoms with Crippen LogP contribution >= 0.6 is 11.3 Å². The van der Waals surface area contributed by atoms with Crippen LogP contribution in [-0.4, -0.2) is 22.3 Å². The number of amides is 1. The Labute approximate surface area is 99.5 Å². The Balaban J connectivity index is 1.76. The monoisotopic (exact) mass is 236 g/mol. The topological polar surface area (TPSA) is 33.2 Å². The average molecular weight is 236 g/mol. The van der Waals surface area contributed by atoms with Gasteiger partial charge in [-0.2, -0.15) is 0 Å². The Morgan fingerprint density at radius 3 is 2.88 bits per heavy atom. The van der Waals surface area contributed by atoms with E-state index in [1.165, 1.54) is 6.42 Å². The van der Waals surface area contributed by atoms with Crippen LogP contribution in [-0.2, 0) is 4.79 Å². The number of carbonyl (C=O) groups excluding carboxylic acids is 1. The first kappa shape index (κ1) is 10.3. The average Bonchev–Trinajstić information content (AvgIpc) is 2.85. The lowest BCUT2D eigenvalue weighted by Gasteiger charge is -2.32. The van der Waals surface area contributed by atoms with Gasteiger partial charge in [-0.25, -0.2) is 4.98 Å². The Hall–Kier alpha value is -0.900. The molecule has 1 aliphatic heterocycles. The minimum Gasteiger partial charge on any atom is -0.333 e. The zero-order valence-corrected chi connectivity index (χ0v) is 10.1. The summed E-state index contributed by atoms with van der Waals surface area (Å²) in [5.74, 6) is 0.699. The van der Waals surface area contributed by atoms with Crippen LogP contribution < -0.4 is 0 Å². The Morgan fingerprint density at radius 1 is 1.38 bits per heavy atom. The quantitative estimate of drug-likeness (QED) is 0.790. The van der Waals surface area contributed by atoms with Crippen LogP contribution in [0.4, 0.5) is 0 Å². The summed E-state index contributed by atoms with van der Waals surface area (Å²) in [5, 5.41) is 3.12. The summed E-state index contributed by atoms with van der Waals surface area (Å²) < 4.78 is 0. The second-order valence-electron chi connectivity index (χ2n) is 4.69. The molecule has 1 amide bonds. The third-order valence-electron chi connectivity index (χ3n) is 3.73. The molecule has 1 saturated carbocycles. The molecule has 86 valence electrons.